The molecule has 0 aliphatic carbocycles. The van der Waals surface area contributed by atoms with Gasteiger partial charge in [-0.05, 0) is 38.4 Å². The molecule has 0 aromatic heterocycles. The fourth-order valence-corrected chi connectivity index (χ4v) is 2.95. The summed E-state index contributed by atoms with van der Waals surface area (Å²) in [4.78, 5) is 28.8. The van der Waals surface area contributed by atoms with Crippen molar-refractivity contribution in [1.82, 2.24) is 10.6 Å². The highest BCUT2D eigenvalue weighted by atomic mass is 16.2. The molecule has 0 spiro atoms. The quantitative estimate of drug-likeness (QED) is 0.800. The van der Waals surface area contributed by atoms with Crippen LogP contribution in [0.4, 0.5) is 0 Å². The van der Waals surface area contributed by atoms with Crippen LogP contribution in [-0.2, 0) is 9.59 Å². The van der Waals surface area contributed by atoms with E-state index in [0.717, 1.165) is 31.5 Å². The Kier molecular flexibility index (Phi) is 3.84. The number of amides is 2. The van der Waals surface area contributed by atoms with Gasteiger partial charge in [0.15, 0.2) is 0 Å². The molecule has 1 unspecified atom stereocenters. The Bertz CT molecular complexity index is 603. The number of hydrogen-bond acceptors (Lipinski definition) is 3. The zero-order chi connectivity index (χ0) is 14.8. The first-order valence-corrected chi connectivity index (χ1v) is 7.36. The van der Waals surface area contributed by atoms with Gasteiger partial charge in [-0.3, -0.25) is 9.59 Å². The minimum atomic E-state index is -0.810. The first-order valence-electron chi connectivity index (χ1n) is 7.36. The Morgan fingerprint density at radius 1 is 1.19 bits per heavy atom. The van der Waals surface area contributed by atoms with Crippen molar-refractivity contribution in [3.63, 3.8) is 0 Å². The molecule has 2 heterocycles. The normalized spacial score (nSPS) is 23.7. The fraction of sp³-hybridized carbons (Fsp3) is 0.438. The number of nitrogens with one attached hydrogen (secondary N) is 2. The van der Waals surface area contributed by atoms with Crippen LogP contribution in [0.3, 0.4) is 0 Å². The van der Waals surface area contributed by atoms with Crippen molar-refractivity contribution in [2.24, 2.45) is 10.9 Å². The molecule has 0 saturated carbocycles. The third kappa shape index (κ3) is 2.88. The maximum Gasteiger partial charge on any atom is 0.264 e. The van der Waals surface area contributed by atoms with Gasteiger partial charge in [-0.2, -0.15) is 4.99 Å². The molecule has 1 saturated heterocycles. The number of nitrogens with zero attached hydrogens (tertiary/aromatic N) is 1. The lowest BCUT2D eigenvalue weighted by atomic mass is 9.91. The number of carbonyl (C=O) groups is 2. The molecule has 2 amide bonds. The van der Waals surface area contributed by atoms with Gasteiger partial charge in [-0.25, -0.2) is 0 Å². The van der Waals surface area contributed by atoms with Gasteiger partial charge in [0.05, 0.1) is 0 Å². The minimum Gasteiger partial charge on any atom is -0.317 e. The molecule has 2 aliphatic heterocycles. The Morgan fingerprint density at radius 2 is 1.95 bits per heavy atom. The predicted octanol–water partition coefficient (Wildman–Crippen LogP) is 1.13. The molecule has 3 rings (SSSR count). The summed E-state index contributed by atoms with van der Waals surface area (Å²) in [5.41, 5.74) is 1.74. The Hall–Kier alpha value is -2.01. The molecule has 1 aromatic carbocycles. The summed E-state index contributed by atoms with van der Waals surface area (Å²) in [5, 5.41) is 6.11. The molecule has 0 radical (unpaired) electrons. The summed E-state index contributed by atoms with van der Waals surface area (Å²) >= 11 is 0. The molecule has 110 valence electrons. The SMILES string of the molecule is Cc1cccc(C2C(=O)N=C(C3CCNCC3)NC2=O)c1. The van der Waals surface area contributed by atoms with Crippen LogP contribution >= 0.6 is 0 Å². The van der Waals surface area contributed by atoms with E-state index in [1.807, 2.05) is 25.1 Å². The van der Waals surface area contributed by atoms with Crippen molar-refractivity contribution in [1.29, 1.82) is 0 Å². The number of piperidine rings is 1. The van der Waals surface area contributed by atoms with Crippen molar-refractivity contribution in [2.45, 2.75) is 25.7 Å². The molecule has 1 atom stereocenters. The Labute approximate surface area is 123 Å². The van der Waals surface area contributed by atoms with Gasteiger partial charge in [0.2, 0.25) is 5.91 Å². The highest BCUT2D eigenvalue weighted by molar-refractivity contribution is 6.19. The third-order valence-corrected chi connectivity index (χ3v) is 4.09. The summed E-state index contributed by atoms with van der Waals surface area (Å²) in [5.74, 6) is -0.685. The van der Waals surface area contributed by atoms with E-state index < -0.39 is 5.92 Å². The van der Waals surface area contributed by atoms with E-state index in [1.165, 1.54) is 0 Å². The standard InChI is InChI=1S/C16H19N3O2/c1-10-3-2-4-12(9-10)13-15(20)18-14(19-16(13)21)11-5-7-17-8-6-11/h2-4,9,11,13,17H,5-8H2,1H3,(H,18,19,20,21). The Morgan fingerprint density at radius 3 is 2.62 bits per heavy atom. The summed E-state index contributed by atoms with van der Waals surface area (Å²) in [6.07, 6.45) is 1.81. The van der Waals surface area contributed by atoms with Crippen molar-refractivity contribution < 1.29 is 9.59 Å². The van der Waals surface area contributed by atoms with Crippen LogP contribution in [0.5, 0.6) is 0 Å². The maximum absolute atomic E-state index is 12.3. The molecule has 1 fully saturated rings. The third-order valence-electron chi connectivity index (χ3n) is 4.09. The van der Waals surface area contributed by atoms with Gasteiger partial charge in [-0.1, -0.05) is 29.8 Å². The summed E-state index contributed by atoms with van der Waals surface area (Å²) < 4.78 is 0. The van der Waals surface area contributed by atoms with Crippen LogP contribution in [0.15, 0.2) is 29.3 Å². The van der Waals surface area contributed by atoms with E-state index in [9.17, 15) is 9.59 Å². The highest BCUT2D eigenvalue weighted by Crippen LogP contribution is 2.24. The first-order chi connectivity index (χ1) is 10.1. The Balaban J connectivity index is 1.85. The second kappa shape index (κ2) is 5.77. The van der Waals surface area contributed by atoms with Crippen molar-refractivity contribution in [3.05, 3.63) is 35.4 Å². The first kappa shape index (κ1) is 13.9. The highest BCUT2D eigenvalue weighted by Gasteiger charge is 2.35. The maximum atomic E-state index is 12.3. The van der Waals surface area contributed by atoms with Crippen LogP contribution in [0.25, 0.3) is 0 Å². The molecule has 1 aromatic rings. The van der Waals surface area contributed by atoms with Crippen LogP contribution in [-0.4, -0.2) is 30.7 Å². The summed E-state index contributed by atoms with van der Waals surface area (Å²) in [6.45, 7) is 3.74. The van der Waals surface area contributed by atoms with Crippen LogP contribution < -0.4 is 10.6 Å². The van der Waals surface area contributed by atoms with Gasteiger partial charge in [0, 0.05) is 5.92 Å². The smallest absolute Gasteiger partial charge is 0.264 e. The number of hydrogen-bond donors (Lipinski definition) is 2. The van der Waals surface area contributed by atoms with Crippen molar-refractivity contribution >= 4 is 17.6 Å². The molecular formula is C16H19N3O2. The van der Waals surface area contributed by atoms with Gasteiger partial charge < -0.3 is 10.6 Å². The monoisotopic (exact) mass is 285 g/mol. The number of aliphatic imine (C=N–C) groups is 1. The number of aryl methyl sites for hydroxylation is 1. The zero-order valence-corrected chi connectivity index (χ0v) is 12.1. The molecule has 5 nitrogen and oxygen atoms in total. The van der Waals surface area contributed by atoms with Crippen molar-refractivity contribution in [2.75, 3.05) is 13.1 Å². The lowest BCUT2D eigenvalue weighted by Crippen LogP contribution is -2.47. The number of benzene rings is 1. The molecule has 21 heavy (non-hydrogen) atoms. The molecule has 2 aliphatic rings. The van der Waals surface area contributed by atoms with E-state index in [0.29, 0.717) is 11.4 Å². The van der Waals surface area contributed by atoms with Crippen molar-refractivity contribution in [3.8, 4) is 0 Å². The topological polar surface area (TPSA) is 70.6 Å². The average molecular weight is 285 g/mol. The van der Waals surface area contributed by atoms with Gasteiger partial charge in [0.25, 0.3) is 5.91 Å². The second-order valence-corrected chi connectivity index (χ2v) is 5.70. The number of amidine groups is 1. The van der Waals surface area contributed by atoms with E-state index in [-0.39, 0.29) is 17.7 Å². The molecular weight excluding hydrogens is 266 g/mol. The van der Waals surface area contributed by atoms with E-state index in [4.69, 9.17) is 0 Å². The predicted molar refractivity (Wildman–Crippen MR) is 80.1 cm³/mol. The zero-order valence-electron chi connectivity index (χ0n) is 12.1. The average Bonchev–Trinajstić information content (AvgIpc) is 2.47. The largest absolute Gasteiger partial charge is 0.317 e. The lowest BCUT2D eigenvalue weighted by Gasteiger charge is -2.28. The van der Waals surface area contributed by atoms with Gasteiger partial charge >= 0.3 is 0 Å². The van der Waals surface area contributed by atoms with Gasteiger partial charge in [0.1, 0.15) is 11.8 Å². The lowest BCUT2D eigenvalue weighted by molar-refractivity contribution is -0.130. The minimum absolute atomic E-state index is 0.178. The molecule has 0 bridgehead atoms. The van der Waals surface area contributed by atoms with Crippen LogP contribution in [0, 0.1) is 12.8 Å². The molecule has 2 N–H and O–H groups in total. The van der Waals surface area contributed by atoms with E-state index in [2.05, 4.69) is 15.6 Å². The van der Waals surface area contributed by atoms with E-state index >= 15 is 0 Å². The van der Waals surface area contributed by atoms with Crippen LogP contribution in [0.2, 0.25) is 0 Å². The van der Waals surface area contributed by atoms with Gasteiger partial charge in [-0.15, -0.1) is 0 Å². The van der Waals surface area contributed by atoms with E-state index in [1.54, 1.807) is 6.07 Å². The molecule has 5 heteroatoms. The number of rotatable bonds is 2. The van der Waals surface area contributed by atoms with Crippen LogP contribution in [0.1, 0.15) is 29.9 Å². The second-order valence-electron chi connectivity index (χ2n) is 5.70. The fourth-order valence-electron chi connectivity index (χ4n) is 2.95. The number of carbonyl (C=O) groups excluding carboxylic acids is 2. The summed E-state index contributed by atoms with van der Waals surface area (Å²) in [7, 11) is 0. The summed E-state index contributed by atoms with van der Waals surface area (Å²) in [6, 6.07) is 7.48.